The molecular weight excluding hydrogens is 244 g/mol. The Bertz CT molecular complexity index is 360. The van der Waals surface area contributed by atoms with Gasteiger partial charge in [-0.1, -0.05) is 13.0 Å². The van der Waals surface area contributed by atoms with E-state index in [0.29, 0.717) is 5.69 Å². The number of hydrogen-bond donors (Lipinski definition) is 0. The Morgan fingerprint density at radius 1 is 1.71 bits per heavy atom. The van der Waals surface area contributed by atoms with Crippen molar-refractivity contribution in [3.8, 4) is 0 Å². The fourth-order valence-electron chi connectivity index (χ4n) is 1.31. The molecule has 0 spiro atoms. The third-order valence-corrected chi connectivity index (χ3v) is 2.71. The Hall–Kier alpha value is -0.900. The molecule has 0 aliphatic heterocycles. The normalized spacial score (nSPS) is 11.9. The van der Waals surface area contributed by atoms with Gasteiger partial charge in [0.15, 0.2) is 0 Å². The maximum absolute atomic E-state index is 12.0. The highest BCUT2D eigenvalue weighted by Crippen LogP contribution is 2.19. The molecule has 0 N–H and O–H groups in total. The molecule has 0 fully saturated rings. The van der Waals surface area contributed by atoms with Crippen LogP contribution in [0.2, 0.25) is 0 Å². The molecule has 0 saturated carbocycles. The summed E-state index contributed by atoms with van der Waals surface area (Å²) >= 11 is 3.31. The van der Waals surface area contributed by atoms with Crippen molar-refractivity contribution in [2.75, 3.05) is 0 Å². The van der Waals surface area contributed by atoms with Crippen LogP contribution in [-0.4, -0.2) is 15.6 Å². The largest absolute Gasteiger partial charge is 0.287 e. The summed E-state index contributed by atoms with van der Waals surface area (Å²) in [4.78, 5) is 12.0. The summed E-state index contributed by atoms with van der Waals surface area (Å²) in [6, 6.07) is 0. The molecule has 14 heavy (non-hydrogen) atoms. The highest BCUT2D eigenvalue weighted by molar-refractivity contribution is 9.10. The molecule has 1 heterocycles. The lowest BCUT2D eigenvalue weighted by Crippen LogP contribution is -2.09. The Balaban J connectivity index is 3.12. The van der Waals surface area contributed by atoms with Crippen LogP contribution in [0.25, 0.3) is 0 Å². The molecule has 1 aromatic heterocycles. The first-order valence-electron chi connectivity index (χ1n) is 4.49. The second-order valence-corrected chi connectivity index (χ2v) is 3.82. The Labute approximate surface area is 91.9 Å². The van der Waals surface area contributed by atoms with Gasteiger partial charge in [0.25, 0.3) is 0 Å². The van der Waals surface area contributed by atoms with Gasteiger partial charge < -0.3 is 0 Å². The molecule has 0 amide bonds. The van der Waals surface area contributed by atoms with Crippen molar-refractivity contribution in [2.24, 2.45) is 7.05 Å². The zero-order chi connectivity index (χ0) is 10.7. The first kappa shape index (κ1) is 11.2. The average molecular weight is 257 g/mol. The molecule has 0 saturated heterocycles. The first-order chi connectivity index (χ1) is 6.61. The van der Waals surface area contributed by atoms with Crippen LogP contribution < -0.4 is 0 Å². The van der Waals surface area contributed by atoms with Gasteiger partial charge >= 0.3 is 0 Å². The minimum atomic E-state index is 0.0434. The van der Waals surface area contributed by atoms with E-state index in [1.165, 1.54) is 0 Å². The zero-order valence-electron chi connectivity index (χ0n) is 8.54. The van der Waals surface area contributed by atoms with E-state index in [4.69, 9.17) is 0 Å². The number of carbonyl (C=O) groups is 1. The SMILES string of the molecule is C/C=C(\CC)C(=O)c1c(Br)cnn1C. The van der Waals surface area contributed by atoms with E-state index in [1.54, 1.807) is 17.9 Å². The second-order valence-electron chi connectivity index (χ2n) is 2.96. The predicted molar refractivity (Wildman–Crippen MR) is 59.3 cm³/mol. The molecule has 0 radical (unpaired) electrons. The first-order valence-corrected chi connectivity index (χ1v) is 5.28. The van der Waals surface area contributed by atoms with Crippen molar-refractivity contribution < 1.29 is 4.79 Å². The topological polar surface area (TPSA) is 34.9 Å². The monoisotopic (exact) mass is 256 g/mol. The Kier molecular flexibility index (Phi) is 3.63. The number of nitrogens with zero attached hydrogens (tertiary/aromatic N) is 2. The lowest BCUT2D eigenvalue weighted by Gasteiger charge is -2.04. The van der Waals surface area contributed by atoms with Gasteiger partial charge in [-0.05, 0) is 34.8 Å². The summed E-state index contributed by atoms with van der Waals surface area (Å²) < 4.78 is 2.34. The molecule has 1 aromatic rings. The van der Waals surface area contributed by atoms with Gasteiger partial charge in [-0.15, -0.1) is 0 Å². The van der Waals surface area contributed by atoms with Gasteiger partial charge in [0.1, 0.15) is 5.69 Å². The van der Waals surface area contributed by atoms with Crippen LogP contribution in [0.15, 0.2) is 22.3 Å². The van der Waals surface area contributed by atoms with E-state index in [2.05, 4.69) is 21.0 Å². The molecule has 0 unspecified atom stereocenters. The predicted octanol–water partition coefficient (Wildman–Crippen LogP) is 2.72. The fraction of sp³-hybridized carbons (Fsp3) is 0.400. The smallest absolute Gasteiger partial charge is 0.207 e. The summed E-state index contributed by atoms with van der Waals surface area (Å²) in [6.45, 7) is 3.85. The van der Waals surface area contributed by atoms with Gasteiger partial charge in [0.05, 0.1) is 10.7 Å². The summed E-state index contributed by atoms with van der Waals surface area (Å²) in [5.41, 5.74) is 1.43. The van der Waals surface area contributed by atoms with Crippen molar-refractivity contribution in [1.82, 2.24) is 9.78 Å². The van der Waals surface area contributed by atoms with Crippen molar-refractivity contribution in [2.45, 2.75) is 20.3 Å². The van der Waals surface area contributed by atoms with E-state index in [1.807, 2.05) is 19.9 Å². The summed E-state index contributed by atoms with van der Waals surface area (Å²) in [6.07, 6.45) is 4.23. The summed E-state index contributed by atoms with van der Waals surface area (Å²) in [7, 11) is 1.76. The highest BCUT2D eigenvalue weighted by Gasteiger charge is 2.17. The number of halogens is 1. The maximum Gasteiger partial charge on any atom is 0.207 e. The number of allylic oxidation sites excluding steroid dienone is 2. The fourth-order valence-corrected chi connectivity index (χ4v) is 1.84. The zero-order valence-corrected chi connectivity index (χ0v) is 10.1. The van der Waals surface area contributed by atoms with Gasteiger partial charge in [0.2, 0.25) is 5.78 Å². The molecule has 0 aliphatic rings. The second kappa shape index (κ2) is 4.55. The van der Waals surface area contributed by atoms with Gasteiger partial charge in [-0.25, -0.2) is 0 Å². The quantitative estimate of drug-likeness (QED) is 0.616. The number of ketones is 1. The number of aromatic nitrogens is 2. The van der Waals surface area contributed by atoms with Crippen LogP contribution in [0, 0.1) is 0 Å². The number of hydrogen-bond acceptors (Lipinski definition) is 2. The Morgan fingerprint density at radius 2 is 2.36 bits per heavy atom. The lowest BCUT2D eigenvalue weighted by molar-refractivity contribution is 0.102. The van der Waals surface area contributed by atoms with E-state index in [-0.39, 0.29) is 5.78 Å². The molecule has 76 valence electrons. The molecule has 0 aliphatic carbocycles. The van der Waals surface area contributed by atoms with Crippen LogP contribution in [0.4, 0.5) is 0 Å². The number of carbonyl (C=O) groups excluding carboxylic acids is 1. The highest BCUT2D eigenvalue weighted by atomic mass is 79.9. The van der Waals surface area contributed by atoms with E-state index in [9.17, 15) is 4.79 Å². The molecule has 3 nitrogen and oxygen atoms in total. The van der Waals surface area contributed by atoms with E-state index in [0.717, 1.165) is 16.5 Å². The van der Waals surface area contributed by atoms with E-state index < -0.39 is 0 Å². The molecule has 0 aromatic carbocycles. The van der Waals surface area contributed by atoms with Crippen LogP contribution in [0.1, 0.15) is 30.8 Å². The van der Waals surface area contributed by atoms with Crippen molar-refractivity contribution in [1.29, 1.82) is 0 Å². The minimum Gasteiger partial charge on any atom is -0.287 e. The van der Waals surface area contributed by atoms with Crippen LogP contribution >= 0.6 is 15.9 Å². The average Bonchev–Trinajstić information content (AvgIpc) is 2.48. The van der Waals surface area contributed by atoms with Gasteiger partial charge in [-0.3, -0.25) is 9.48 Å². The Morgan fingerprint density at radius 3 is 2.71 bits per heavy atom. The number of aryl methyl sites for hydroxylation is 1. The number of Topliss-reactive ketones (excluding diaryl/α,β-unsaturated/α-hetero) is 1. The van der Waals surface area contributed by atoms with Gasteiger partial charge in [-0.2, -0.15) is 5.10 Å². The minimum absolute atomic E-state index is 0.0434. The van der Waals surface area contributed by atoms with Crippen LogP contribution in [0.3, 0.4) is 0 Å². The maximum atomic E-state index is 12.0. The van der Waals surface area contributed by atoms with Crippen molar-refractivity contribution in [3.63, 3.8) is 0 Å². The van der Waals surface area contributed by atoms with Crippen LogP contribution in [0.5, 0.6) is 0 Å². The third-order valence-electron chi connectivity index (χ3n) is 2.13. The van der Waals surface area contributed by atoms with Crippen molar-refractivity contribution >= 4 is 21.7 Å². The van der Waals surface area contributed by atoms with Gasteiger partial charge in [0, 0.05) is 7.05 Å². The van der Waals surface area contributed by atoms with E-state index >= 15 is 0 Å². The van der Waals surface area contributed by atoms with Crippen LogP contribution in [-0.2, 0) is 7.05 Å². The third kappa shape index (κ3) is 1.95. The standard InChI is InChI=1S/C10H13BrN2O/c1-4-7(5-2)10(14)9-8(11)6-12-13(9)3/h4,6H,5H2,1-3H3/b7-4+. The molecule has 0 atom stereocenters. The molecule has 4 heteroatoms. The molecule has 1 rings (SSSR count). The number of rotatable bonds is 3. The summed E-state index contributed by atoms with van der Waals surface area (Å²) in [5.74, 6) is 0.0434. The summed E-state index contributed by atoms with van der Waals surface area (Å²) in [5, 5.41) is 4.01. The molecule has 0 bridgehead atoms. The lowest BCUT2D eigenvalue weighted by atomic mass is 10.1. The van der Waals surface area contributed by atoms with Crippen molar-refractivity contribution in [3.05, 3.63) is 28.0 Å². The molecular formula is C10H13BrN2O.